The van der Waals surface area contributed by atoms with E-state index in [0.717, 1.165) is 17.4 Å². The van der Waals surface area contributed by atoms with Gasteiger partial charge in [0.1, 0.15) is 5.75 Å². The molecule has 0 aliphatic carbocycles. The van der Waals surface area contributed by atoms with Gasteiger partial charge in [-0.15, -0.1) is 0 Å². The molecule has 0 radical (unpaired) electrons. The number of aromatic hydroxyl groups is 1. The standard InChI is InChI=1S/C16H21NO/c1-4-16(2,3)17-11-14-13-8-6-5-7-12(13)9-10-15(14)18/h5-10,17-18H,4,11H2,1-3H3. The summed E-state index contributed by atoms with van der Waals surface area (Å²) in [6.45, 7) is 7.20. The molecule has 2 aromatic carbocycles. The molecule has 0 fully saturated rings. The lowest BCUT2D eigenvalue weighted by molar-refractivity contribution is 0.370. The number of rotatable bonds is 4. The summed E-state index contributed by atoms with van der Waals surface area (Å²) in [7, 11) is 0. The first-order valence-corrected chi connectivity index (χ1v) is 6.48. The van der Waals surface area contributed by atoms with E-state index in [9.17, 15) is 5.11 Å². The smallest absolute Gasteiger partial charge is 0.120 e. The van der Waals surface area contributed by atoms with E-state index < -0.39 is 0 Å². The zero-order valence-corrected chi connectivity index (χ0v) is 11.3. The van der Waals surface area contributed by atoms with Gasteiger partial charge in [0.15, 0.2) is 0 Å². The highest BCUT2D eigenvalue weighted by Gasteiger charge is 2.15. The number of nitrogens with one attached hydrogen (secondary N) is 1. The minimum Gasteiger partial charge on any atom is -0.508 e. The minimum atomic E-state index is 0.0867. The molecule has 0 saturated carbocycles. The van der Waals surface area contributed by atoms with Crippen LogP contribution in [0.15, 0.2) is 36.4 Å². The Labute approximate surface area is 109 Å². The third-order valence-corrected chi connectivity index (χ3v) is 3.64. The van der Waals surface area contributed by atoms with Crippen LogP contribution in [0.5, 0.6) is 5.75 Å². The number of phenolic OH excluding ortho intramolecular Hbond substituents is 1. The summed E-state index contributed by atoms with van der Waals surface area (Å²) in [5.41, 5.74) is 1.07. The first-order valence-electron chi connectivity index (χ1n) is 6.48. The quantitative estimate of drug-likeness (QED) is 0.855. The first kappa shape index (κ1) is 12.9. The number of hydrogen-bond acceptors (Lipinski definition) is 2. The average molecular weight is 243 g/mol. The van der Waals surface area contributed by atoms with Crippen LogP contribution >= 0.6 is 0 Å². The zero-order chi connectivity index (χ0) is 13.2. The normalized spacial score (nSPS) is 11.9. The number of fused-ring (bicyclic) bond motifs is 1. The second-order valence-corrected chi connectivity index (χ2v) is 5.38. The van der Waals surface area contributed by atoms with Gasteiger partial charge in [0.05, 0.1) is 0 Å². The van der Waals surface area contributed by atoms with Crippen molar-refractivity contribution >= 4 is 10.8 Å². The predicted molar refractivity (Wildman–Crippen MR) is 76.8 cm³/mol. The van der Waals surface area contributed by atoms with Crippen molar-refractivity contribution in [2.45, 2.75) is 39.3 Å². The lowest BCUT2D eigenvalue weighted by atomic mass is 9.99. The summed E-state index contributed by atoms with van der Waals surface area (Å²) in [4.78, 5) is 0. The van der Waals surface area contributed by atoms with Crippen LogP contribution < -0.4 is 5.32 Å². The molecule has 0 aliphatic rings. The van der Waals surface area contributed by atoms with E-state index in [1.165, 1.54) is 5.39 Å². The van der Waals surface area contributed by atoms with Gasteiger partial charge in [-0.2, -0.15) is 0 Å². The Bertz CT molecular complexity index is 546. The Balaban J connectivity index is 2.35. The second kappa shape index (κ2) is 4.99. The van der Waals surface area contributed by atoms with Gasteiger partial charge in [-0.3, -0.25) is 0 Å². The van der Waals surface area contributed by atoms with Gasteiger partial charge < -0.3 is 10.4 Å². The van der Waals surface area contributed by atoms with Gasteiger partial charge in [0.2, 0.25) is 0 Å². The van der Waals surface area contributed by atoms with Crippen LogP contribution in [0.1, 0.15) is 32.8 Å². The second-order valence-electron chi connectivity index (χ2n) is 5.38. The van der Waals surface area contributed by atoms with E-state index in [4.69, 9.17) is 0 Å². The Kier molecular flexibility index (Phi) is 3.58. The molecule has 0 amide bonds. The molecule has 0 saturated heterocycles. The summed E-state index contributed by atoms with van der Waals surface area (Å²) in [6.07, 6.45) is 1.05. The highest BCUT2D eigenvalue weighted by Crippen LogP contribution is 2.27. The molecule has 2 rings (SSSR count). The Morgan fingerprint density at radius 2 is 1.83 bits per heavy atom. The lowest BCUT2D eigenvalue weighted by Gasteiger charge is -2.25. The summed E-state index contributed by atoms with van der Waals surface area (Å²) in [5.74, 6) is 0.369. The van der Waals surface area contributed by atoms with E-state index >= 15 is 0 Å². The Hall–Kier alpha value is -1.54. The van der Waals surface area contributed by atoms with Crippen molar-refractivity contribution in [2.75, 3.05) is 0 Å². The molecule has 0 bridgehead atoms. The van der Waals surface area contributed by atoms with Crippen LogP contribution in [0.3, 0.4) is 0 Å². The van der Waals surface area contributed by atoms with E-state index in [1.807, 2.05) is 18.2 Å². The number of benzene rings is 2. The maximum absolute atomic E-state index is 10.0. The molecule has 96 valence electrons. The van der Waals surface area contributed by atoms with Crippen molar-refractivity contribution in [1.82, 2.24) is 5.32 Å². The minimum absolute atomic E-state index is 0.0867. The summed E-state index contributed by atoms with van der Waals surface area (Å²) < 4.78 is 0. The molecule has 0 atom stereocenters. The average Bonchev–Trinajstić information content (AvgIpc) is 2.37. The molecule has 2 aromatic rings. The third kappa shape index (κ3) is 2.65. The van der Waals surface area contributed by atoms with Gasteiger partial charge in [-0.25, -0.2) is 0 Å². The van der Waals surface area contributed by atoms with Crippen molar-refractivity contribution in [1.29, 1.82) is 0 Å². The Morgan fingerprint density at radius 3 is 2.56 bits per heavy atom. The van der Waals surface area contributed by atoms with E-state index in [2.05, 4.69) is 38.2 Å². The van der Waals surface area contributed by atoms with Crippen LogP contribution in [0.25, 0.3) is 10.8 Å². The molecule has 2 nitrogen and oxygen atoms in total. The fourth-order valence-corrected chi connectivity index (χ4v) is 1.96. The van der Waals surface area contributed by atoms with Gasteiger partial charge >= 0.3 is 0 Å². The monoisotopic (exact) mass is 243 g/mol. The van der Waals surface area contributed by atoms with Gasteiger partial charge in [0.25, 0.3) is 0 Å². The van der Waals surface area contributed by atoms with Crippen molar-refractivity contribution in [3.05, 3.63) is 42.0 Å². The van der Waals surface area contributed by atoms with E-state index in [0.29, 0.717) is 12.3 Å². The first-order chi connectivity index (χ1) is 8.53. The maximum Gasteiger partial charge on any atom is 0.120 e. The summed E-state index contributed by atoms with van der Waals surface area (Å²) >= 11 is 0. The van der Waals surface area contributed by atoms with E-state index in [-0.39, 0.29) is 5.54 Å². The van der Waals surface area contributed by atoms with Crippen molar-refractivity contribution in [2.24, 2.45) is 0 Å². The molecule has 0 heterocycles. The van der Waals surface area contributed by atoms with Crippen LogP contribution in [-0.2, 0) is 6.54 Å². The van der Waals surface area contributed by atoms with Crippen LogP contribution in [0, 0.1) is 0 Å². The molecule has 2 N–H and O–H groups in total. The van der Waals surface area contributed by atoms with Crippen molar-refractivity contribution < 1.29 is 5.11 Å². The lowest BCUT2D eigenvalue weighted by Crippen LogP contribution is -2.37. The van der Waals surface area contributed by atoms with Crippen LogP contribution in [-0.4, -0.2) is 10.6 Å². The van der Waals surface area contributed by atoms with Gasteiger partial charge in [-0.1, -0.05) is 37.3 Å². The van der Waals surface area contributed by atoms with Gasteiger partial charge in [0, 0.05) is 17.6 Å². The zero-order valence-electron chi connectivity index (χ0n) is 11.3. The molecule has 0 aliphatic heterocycles. The molecule has 0 unspecified atom stereocenters. The molecular weight excluding hydrogens is 222 g/mol. The van der Waals surface area contributed by atoms with Gasteiger partial charge in [-0.05, 0) is 37.1 Å². The SMILES string of the molecule is CCC(C)(C)NCc1c(O)ccc2ccccc12. The van der Waals surface area contributed by atoms with Crippen molar-refractivity contribution in [3.63, 3.8) is 0 Å². The largest absolute Gasteiger partial charge is 0.508 e. The predicted octanol–water partition coefficient (Wildman–Crippen LogP) is 3.82. The highest BCUT2D eigenvalue weighted by atomic mass is 16.3. The number of hydrogen-bond donors (Lipinski definition) is 2. The fourth-order valence-electron chi connectivity index (χ4n) is 1.96. The fraction of sp³-hybridized carbons (Fsp3) is 0.375. The maximum atomic E-state index is 10.0. The summed E-state index contributed by atoms with van der Waals surface area (Å²) in [5, 5.41) is 15.8. The number of phenols is 1. The van der Waals surface area contributed by atoms with Crippen LogP contribution in [0.2, 0.25) is 0 Å². The Morgan fingerprint density at radius 1 is 1.11 bits per heavy atom. The molecule has 18 heavy (non-hydrogen) atoms. The van der Waals surface area contributed by atoms with Crippen LogP contribution in [0.4, 0.5) is 0 Å². The van der Waals surface area contributed by atoms with E-state index in [1.54, 1.807) is 6.07 Å². The molecule has 0 spiro atoms. The molecule has 0 aromatic heterocycles. The topological polar surface area (TPSA) is 32.3 Å². The third-order valence-electron chi connectivity index (χ3n) is 3.64. The van der Waals surface area contributed by atoms with Crippen molar-refractivity contribution in [3.8, 4) is 5.75 Å². The highest BCUT2D eigenvalue weighted by molar-refractivity contribution is 5.87. The molecule has 2 heteroatoms. The molecular formula is C16H21NO. The summed E-state index contributed by atoms with van der Waals surface area (Å²) in [6, 6.07) is 11.9.